The van der Waals surface area contributed by atoms with Gasteiger partial charge in [-0.2, -0.15) is 5.10 Å². The minimum Gasteiger partial charge on any atom is -0.267 e. The van der Waals surface area contributed by atoms with Gasteiger partial charge in [-0.3, -0.25) is 4.79 Å². The van der Waals surface area contributed by atoms with Crippen molar-refractivity contribution in [3.05, 3.63) is 69.7 Å². The van der Waals surface area contributed by atoms with Crippen LogP contribution in [0.2, 0.25) is 10.0 Å². The SMILES string of the molecule is O=C(N/N=C/c1ccc(Cl)cc1)c1ccc(Cl)cc1. The highest BCUT2D eigenvalue weighted by molar-refractivity contribution is 6.30. The van der Waals surface area contributed by atoms with Crippen LogP contribution in [0.5, 0.6) is 0 Å². The zero-order valence-corrected chi connectivity index (χ0v) is 11.3. The first-order valence-corrected chi connectivity index (χ1v) is 6.25. The number of hydrogen-bond donors (Lipinski definition) is 1. The summed E-state index contributed by atoms with van der Waals surface area (Å²) >= 11 is 11.5. The molecule has 0 aliphatic rings. The summed E-state index contributed by atoms with van der Waals surface area (Å²) in [5.41, 5.74) is 3.78. The first-order valence-electron chi connectivity index (χ1n) is 5.50. The van der Waals surface area contributed by atoms with Gasteiger partial charge in [0.2, 0.25) is 0 Å². The predicted molar refractivity (Wildman–Crippen MR) is 78.0 cm³/mol. The van der Waals surface area contributed by atoms with Gasteiger partial charge in [-0.25, -0.2) is 5.43 Å². The van der Waals surface area contributed by atoms with Crippen LogP contribution in [0.25, 0.3) is 0 Å². The van der Waals surface area contributed by atoms with Gasteiger partial charge < -0.3 is 0 Å². The van der Waals surface area contributed by atoms with E-state index in [1.165, 1.54) is 0 Å². The largest absolute Gasteiger partial charge is 0.271 e. The van der Waals surface area contributed by atoms with Gasteiger partial charge in [0.25, 0.3) is 5.91 Å². The minimum absolute atomic E-state index is 0.290. The first kappa shape index (κ1) is 13.6. The second-order valence-electron chi connectivity index (χ2n) is 3.76. The number of nitrogens with one attached hydrogen (secondary N) is 1. The number of halogens is 2. The lowest BCUT2D eigenvalue weighted by molar-refractivity contribution is 0.0955. The molecule has 0 spiro atoms. The number of hydrazone groups is 1. The lowest BCUT2D eigenvalue weighted by Crippen LogP contribution is -2.17. The molecule has 1 N–H and O–H groups in total. The van der Waals surface area contributed by atoms with Crippen LogP contribution in [0, 0.1) is 0 Å². The molecule has 0 saturated carbocycles. The molecular formula is C14H10Cl2N2O. The Labute approximate surface area is 120 Å². The van der Waals surface area contributed by atoms with E-state index in [0.717, 1.165) is 5.56 Å². The molecule has 0 atom stereocenters. The maximum Gasteiger partial charge on any atom is 0.271 e. The van der Waals surface area contributed by atoms with Crippen molar-refractivity contribution in [3.63, 3.8) is 0 Å². The fourth-order valence-electron chi connectivity index (χ4n) is 1.38. The van der Waals surface area contributed by atoms with Crippen molar-refractivity contribution in [1.29, 1.82) is 0 Å². The Balaban J connectivity index is 1.96. The number of rotatable bonds is 3. The van der Waals surface area contributed by atoms with E-state index < -0.39 is 0 Å². The molecule has 19 heavy (non-hydrogen) atoms. The monoisotopic (exact) mass is 292 g/mol. The molecule has 2 rings (SSSR count). The van der Waals surface area contributed by atoms with Crippen LogP contribution in [0.1, 0.15) is 15.9 Å². The van der Waals surface area contributed by atoms with Crippen LogP contribution in [0.15, 0.2) is 53.6 Å². The molecular weight excluding hydrogens is 283 g/mol. The molecule has 0 unspecified atom stereocenters. The van der Waals surface area contributed by atoms with Crippen molar-refractivity contribution >= 4 is 35.3 Å². The highest BCUT2D eigenvalue weighted by atomic mass is 35.5. The van der Waals surface area contributed by atoms with Crippen molar-refractivity contribution in [1.82, 2.24) is 5.43 Å². The number of hydrogen-bond acceptors (Lipinski definition) is 2. The maximum absolute atomic E-state index is 11.7. The molecule has 0 aliphatic heterocycles. The second kappa shape index (κ2) is 6.36. The van der Waals surface area contributed by atoms with Crippen LogP contribution < -0.4 is 5.43 Å². The summed E-state index contributed by atoms with van der Waals surface area (Å²) in [6.45, 7) is 0. The van der Waals surface area contributed by atoms with Crippen molar-refractivity contribution < 1.29 is 4.79 Å². The van der Waals surface area contributed by atoms with E-state index in [1.54, 1.807) is 54.7 Å². The van der Waals surface area contributed by atoms with E-state index in [-0.39, 0.29) is 5.91 Å². The molecule has 96 valence electrons. The second-order valence-corrected chi connectivity index (χ2v) is 4.63. The predicted octanol–water partition coefficient (Wildman–Crippen LogP) is 3.76. The van der Waals surface area contributed by atoms with Gasteiger partial charge in [0.1, 0.15) is 0 Å². The molecule has 2 aromatic carbocycles. The highest BCUT2D eigenvalue weighted by Gasteiger charge is 2.02. The Hall–Kier alpha value is -1.84. The molecule has 0 saturated heterocycles. The first-order chi connectivity index (χ1) is 9.15. The van der Waals surface area contributed by atoms with Gasteiger partial charge in [-0.15, -0.1) is 0 Å². The number of benzene rings is 2. The fourth-order valence-corrected chi connectivity index (χ4v) is 1.63. The smallest absolute Gasteiger partial charge is 0.267 e. The normalized spacial score (nSPS) is 10.6. The Kier molecular flexibility index (Phi) is 4.55. The molecule has 0 aliphatic carbocycles. The van der Waals surface area contributed by atoms with Crippen LogP contribution >= 0.6 is 23.2 Å². The molecule has 3 nitrogen and oxygen atoms in total. The Morgan fingerprint density at radius 2 is 1.47 bits per heavy atom. The molecule has 2 aromatic rings. The zero-order valence-electron chi connectivity index (χ0n) is 9.81. The molecule has 0 bridgehead atoms. The van der Waals surface area contributed by atoms with Gasteiger partial charge in [0, 0.05) is 15.6 Å². The molecule has 0 fully saturated rings. The van der Waals surface area contributed by atoms with Crippen LogP contribution in [-0.4, -0.2) is 12.1 Å². The summed E-state index contributed by atoms with van der Waals surface area (Å²) < 4.78 is 0. The number of carbonyl (C=O) groups excluding carboxylic acids is 1. The topological polar surface area (TPSA) is 41.5 Å². The van der Waals surface area contributed by atoms with Crippen molar-refractivity contribution in [2.45, 2.75) is 0 Å². The maximum atomic E-state index is 11.7. The van der Waals surface area contributed by atoms with Crippen LogP contribution in [0.3, 0.4) is 0 Å². The quantitative estimate of drug-likeness (QED) is 0.679. The van der Waals surface area contributed by atoms with Gasteiger partial charge in [0.05, 0.1) is 6.21 Å². The third-order valence-corrected chi connectivity index (χ3v) is 2.86. The Morgan fingerprint density at radius 3 is 2.05 bits per heavy atom. The van der Waals surface area contributed by atoms with E-state index in [4.69, 9.17) is 23.2 Å². The summed E-state index contributed by atoms with van der Waals surface area (Å²) in [4.78, 5) is 11.7. The summed E-state index contributed by atoms with van der Waals surface area (Å²) in [5, 5.41) is 5.11. The summed E-state index contributed by atoms with van der Waals surface area (Å²) in [6, 6.07) is 13.7. The van der Waals surface area contributed by atoms with E-state index in [0.29, 0.717) is 15.6 Å². The van der Waals surface area contributed by atoms with Crippen LogP contribution in [0.4, 0.5) is 0 Å². The zero-order chi connectivity index (χ0) is 13.7. The van der Waals surface area contributed by atoms with Gasteiger partial charge in [-0.05, 0) is 42.0 Å². The number of carbonyl (C=O) groups is 1. The number of nitrogens with zero attached hydrogens (tertiary/aromatic N) is 1. The van der Waals surface area contributed by atoms with E-state index >= 15 is 0 Å². The van der Waals surface area contributed by atoms with Gasteiger partial charge >= 0.3 is 0 Å². The van der Waals surface area contributed by atoms with E-state index in [2.05, 4.69) is 10.5 Å². The minimum atomic E-state index is -0.290. The van der Waals surface area contributed by atoms with Crippen molar-refractivity contribution in [3.8, 4) is 0 Å². The molecule has 0 radical (unpaired) electrons. The third kappa shape index (κ3) is 4.09. The summed E-state index contributed by atoms with van der Waals surface area (Å²) in [6.07, 6.45) is 1.55. The third-order valence-electron chi connectivity index (χ3n) is 2.36. The lowest BCUT2D eigenvalue weighted by atomic mass is 10.2. The standard InChI is InChI=1S/C14H10Cl2N2O/c15-12-5-1-10(2-6-12)9-17-18-14(19)11-3-7-13(16)8-4-11/h1-9H,(H,18,19)/b17-9+. The van der Waals surface area contributed by atoms with Gasteiger partial charge in [-0.1, -0.05) is 35.3 Å². The van der Waals surface area contributed by atoms with E-state index in [1.807, 2.05) is 0 Å². The summed E-state index contributed by atoms with van der Waals surface area (Å²) in [7, 11) is 0. The highest BCUT2D eigenvalue weighted by Crippen LogP contribution is 2.09. The summed E-state index contributed by atoms with van der Waals surface area (Å²) in [5.74, 6) is -0.290. The van der Waals surface area contributed by atoms with Gasteiger partial charge in [0.15, 0.2) is 0 Å². The Bertz CT molecular complexity index is 592. The molecule has 5 heteroatoms. The lowest BCUT2D eigenvalue weighted by Gasteiger charge is -1.99. The Morgan fingerprint density at radius 1 is 0.947 bits per heavy atom. The fraction of sp³-hybridized carbons (Fsp3) is 0. The molecule has 0 heterocycles. The average Bonchev–Trinajstić information content (AvgIpc) is 2.41. The molecule has 1 amide bonds. The van der Waals surface area contributed by atoms with Crippen molar-refractivity contribution in [2.75, 3.05) is 0 Å². The molecule has 0 aromatic heterocycles. The van der Waals surface area contributed by atoms with Crippen LogP contribution in [-0.2, 0) is 0 Å². The number of amides is 1. The van der Waals surface area contributed by atoms with E-state index in [9.17, 15) is 4.79 Å². The van der Waals surface area contributed by atoms with Crippen molar-refractivity contribution in [2.24, 2.45) is 5.10 Å². The average molecular weight is 293 g/mol.